The van der Waals surface area contributed by atoms with Gasteiger partial charge in [0.2, 0.25) is 5.95 Å². The summed E-state index contributed by atoms with van der Waals surface area (Å²) in [6.45, 7) is 2.80. The molecule has 7 heteroatoms. The molecule has 3 rings (SSSR count). The minimum atomic E-state index is 0.171. The maximum Gasteiger partial charge on any atom is 0.223 e. The summed E-state index contributed by atoms with van der Waals surface area (Å²) >= 11 is 5.86. The molecule has 2 heterocycles. The summed E-state index contributed by atoms with van der Waals surface area (Å²) in [7, 11) is 0. The third kappa shape index (κ3) is 4.02. The number of rotatable bonds is 6. The van der Waals surface area contributed by atoms with E-state index in [1.807, 2.05) is 41.9 Å². The Hall–Kier alpha value is -2.60. The van der Waals surface area contributed by atoms with Gasteiger partial charge in [-0.3, -0.25) is 0 Å². The molecule has 0 aliphatic carbocycles. The molecule has 0 fully saturated rings. The number of nitrogens with two attached hydrogens (primary N) is 1. The highest BCUT2D eigenvalue weighted by atomic mass is 35.5. The second-order valence-corrected chi connectivity index (χ2v) is 5.87. The van der Waals surface area contributed by atoms with E-state index in [0.717, 1.165) is 30.8 Å². The summed E-state index contributed by atoms with van der Waals surface area (Å²) in [5.41, 5.74) is 8.93. The molecular formula is C17H19ClN6. The number of aryl methyl sites for hydroxylation is 2. The number of nitrogens with one attached hydrogen (secondary N) is 1. The van der Waals surface area contributed by atoms with Gasteiger partial charge in [-0.2, -0.15) is 10.1 Å². The van der Waals surface area contributed by atoms with Crippen LogP contribution in [0.1, 0.15) is 17.7 Å². The van der Waals surface area contributed by atoms with Crippen LogP contribution in [0.3, 0.4) is 0 Å². The zero-order valence-corrected chi connectivity index (χ0v) is 14.2. The van der Waals surface area contributed by atoms with Crippen LogP contribution in [0.2, 0.25) is 5.15 Å². The van der Waals surface area contributed by atoms with Crippen molar-refractivity contribution >= 4 is 23.4 Å². The van der Waals surface area contributed by atoms with Crippen molar-refractivity contribution in [2.75, 3.05) is 17.6 Å². The quantitative estimate of drug-likeness (QED) is 0.531. The molecule has 0 amide bonds. The Kier molecular flexibility index (Phi) is 4.96. The van der Waals surface area contributed by atoms with E-state index in [1.54, 1.807) is 6.07 Å². The van der Waals surface area contributed by atoms with Gasteiger partial charge in [0.25, 0.3) is 0 Å². The minimum Gasteiger partial charge on any atom is -0.370 e. The fourth-order valence-corrected chi connectivity index (χ4v) is 2.67. The lowest BCUT2D eigenvalue weighted by molar-refractivity contribution is 0.853. The number of halogens is 1. The van der Waals surface area contributed by atoms with Crippen molar-refractivity contribution in [1.29, 1.82) is 0 Å². The molecule has 24 heavy (non-hydrogen) atoms. The molecule has 0 spiro atoms. The summed E-state index contributed by atoms with van der Waals surface area (Å²) < 4.78 is 1.92. The van der Waals surface area contributed by atoms with Crippen LogP contribution in [-0.2, 0) is 6.42 Å². The number of nitrogen functional groups attached to an aromatic ring is 1. The van der Waals surface area contributed by atoms with E-state index in [2.05, 4.69) is 26.6 Å². The lowest BCUT2D eigenvalue weighted by Gasteiger charge is -2.06. The highest BCUT2D eigenvalue weighted by Gasteiger charge is 2.06. The van der Waals surface area contributed by atoms with E-state index >= 15 is 0 Å². The van der Waals surface area contributed by atoms with Gasteiger partial charge in [0.15, 0.2) is 0 Å². The summed E-state index contributed by atoms with van der Waals surface area (Å²) in [5, 5.41) is 8.13. The summed E-state index contributed by atoms with van der Waals surface area (Å²) in [6.07, 6.45) is 3.97. The lowest BCUT2D eigenvalue weighted by atomic mass is 10.1. The van der Waals surface area contributed by atoms with Crippen LogP contribution in [0, 0.1) is 6.92 Å². The van der Waals surface area contributed by atoms with Crippen LogP contribution < -0.4 is 11.1 Å². The van der Waals surface area contributed by atoms with E-state index in [4.69, 9.17) is 17.3 Å². The summed E-state index contributed by atoms with van der Waals surface area (Å²) in [4.78, 5) is 7.93. The first-order chi connectivity index (χ1) is 11.6. The van der Waals surface area contributed by atoms with Crippen molar-refractivity contribution in [3.05, 3.63) is 59.0 Å². The zero-order valence-electron chi connectivity index (χ0n) is 13.4. The van der Waals surface area contributed by atoms with Gasteiger partial charge >= 0.3 is 0 Å². The van der Waals surface area contributed by atoms with Gasteiger partial charge < -0.3 is 11.1 Å². The molecule has 3 aromatic rings. The van der Waals surface area contributed by atoms with Crippen LogP contribution in [0.4, 0.5) is 11.8 Å². The average molecular weight is 343 g/mol. The molecule has 0 saturated heterocycles. The Bertz CT molecular complexity index is 795. The molecule has 0 unspecified atom stereocenters. The van der Waals surface area contributed by atoms with Crippen LogP contribution in [0.5, 0.6) is 0 Å². The topological polar surface area (TPSA) is 81.7 Å². The van der Waals surface area contributed by atoms with Crippen molar-refractivity contribution in [3.63, 3.8) is 0 Å². The smallest absolute Gasteiger partial charge is 0.223 e. The number of para-hydroxylation sites is 1. The highest BCUT2D eigenvalue weighted by molar-refractivity contribution is 6.29. The molecule has 0 atom stereocenters. The van der Waals surface area contributed by atoms with Crippen molar-refractivity contribution in [3.8, 4) is 5.69 Å². The average Bonchev–Trinajstić information content (AvgIpc) is 2.93. The molecule has 0 saturated carbocycles. The lowest BCUT2D eigenvalue weighted by Crippen LogP contribution is -2.06. The monoisotopic (exact) mass is 342 g/mol. The SMILES string of the molecule is Cc1nn(-c2ccccc2)cc1CCCNc1cc(Cl)nc(N)n1. The van der Waals surface area contributed by atoms with Crippen molar-refractivity contribution in [2.45, 2.75) is 19.8 Å². The van der Waals surface area contributed by atoms with Crippen molar-refractivity contribution < 1.29 is 0 Å². The van der Waals surface area contributed by atoms with Gasteiger partial charge in [-0.15, -0.1) is 0 Å². The Morgan fingerprint density at radius 3 is 2.75 bits per heavy atom. The van der Waals surface area contributed by atoms with Crippen LogP contribution in [-0.4, -0.2) is 26.3 Å². The third-order valence-electron chi connectivity index (χ3n) is 3.66. The molecule has 0 bridgehead atoms. The van der Waals surface area contributed by atoms with Gasteiger partial charge in [-0.05, 0) is 37.5 Å². The number of aromatic nitrogens is 4. The maximum absolute atomic E-state index is 5.86. The maximum atomic E-state index is 5.86. The van der Waals surface area contributed by atoms with Crippen LogP contribution in [0.15, 0.2) is 42.6 Å². The molecule has 0 aliphatic heterocycles. The molecule has 2 aromatic heterocycles. The number of hydrogen-bond donors (Lipinski definition) is 2. The first-order valence-corrected chi connectivity index (χ1v) is 8.14. The number of nitrogens with zero attached hydrogens (tertiary/aromatic N) is 4. The van der Waals surface area contributed by atoms with Gasteiger partial charge in [-0.1, -0.05) is 29.8 Å². The van der Waals surface area contributed by atoms with Gasteiger partial charge in [0, 0.05) is 18.8 Å². The minimum absolute atomic E-state index is 0.171. The van der Waals surface area contributed by atoms with E-state index < -0.39 is 0 Å². The van der Waals surface area contributed by atoms with Gasteiger partial charge in [-0.25, -0.2) is 9.67 Å². The predicted molar refractivity (Wildman–Crippen MR) is 96.6 cm³/mol. The highest BCUT2D eigenvalue weighted by Crippen LogP contribution is 2.15. The molecule has 124 valence electrons. The second kappa shape index (κ2) is 7.31. The first-order valence-electron chi connectivity index (χ1n) is 7.76. The van der Waals surface area contributed by atoms with E-state index in [1.165, 1.54) is 5.56 Å². The molecule has 3 N–H and O–H groups in total. The normalized spacial score (nSPS) is 10.8. The standard InChI is InChI=1S/C17H19ClN6/c1-12-13(11-24(23-12)14-7-3-2-4-8-14)6-5-9-20-16-10-15(18)21-17(19)22-16/h2-4,7-8,10-11H,5-6,9H2,1H3,(H3,19,20,21,22). The molecule has 6 nitrogen and oxygen atoms in total. The molecule has 1 aromatic carbocycles. The third-order valence-corrected chi connectivity index (χ3v) is 3.86. The number of anilines is 2. The Morgan fingerprint density at radius 2 is 2.00 bits per heavy atom. The zero-order chi connectivity index (χ0) is 16.9. The molecule has 0 radical (unpaired) electrons. The van der Waals surface area contributed by atoms with E-state index in [0.29, 0.717) is 11.0 Å². The molecular weight excluding hydrogens is 324 g/mol. The second-order valence-electron chi connectivity index (χ2n) is 5.48. The van der Waals surface area contributed by atoms with Gasteiger partial charge in [0.05, 0.1) is 11.4 Å². The fraction of sp³-hybridized carbons (Fsp3) is 0.235. The van der Waals surface area contributed by atoms with Crippen molar-refractivity contribution in [1.82, 2.24) is 19.7 Å². The Labute approximate surface area is 145 Å². The number of hydrogen-bond acceptors (Lipinski definition) is 5. The predicted octanol–water partition coefficient (Wildman–Crippen LogP) is 3.25. The Balaban J connectivity index is 1.56. The summed E-state index contributed by atoms with van der Waals surface area (Å²) in [6, 6.07) is 11.8. The Morgan fingerprint density at radius 1 is 1.21 bits per heavy atom. The van der Waals surface area contributed by atoms with Crippen LogP contribution in [0.25, 0.3) is 5.69 Å². The fourth-order valence-electron chi connectivity index (χ4n) is 2.48. The van der Waals surface area contributed by atoms with Crippen LogP contribution >= 0.6 is 11.6 Å². The first kappa shape index (κ1) is 16.3. The van der Waals surface area contributed by atoms with E-state index in [9.17, 15) is 0 Å². The molecule has 0 aliphatic rings. The summed E-state index contributed by atoms with van der Waals surface area (Å²) in [5.74, 6) is 0.814. The van der Waals surface area contributed by atoms with E-state index in [-0.39, 0.29) is 5.95 Å². The number of benzene rings is 1. The van der Waals surface area contributed by atoms with Crippen molar-refractivity contribution in [2.24, 2.45) is 0 Å². The largest absolute Gasteiger partial charge is 0.370 e. The van der Waals surface area contributed by atoms with Gasteiger partial charge in [0.1, 0.15) is 11.0 Å².